The zero-order valence-corrected chi connectivity index (χ0v) is 11.4. The van der Waals surface area contributed by atoms with Crippen molar-refractivity contribution >= 4 is 17.4 Å². The van der Waals surface area contributed by atoms with E-state index in [4.69, 9.17) is 16.3 Å². The maximum Gasteiger partial charge on any atom is 0.416 e. The Morgan fingerprint density at radius 2 is 1.76 bits per heavy atom. The van der Waals surface area contributed by atoms with Gasteiger partial charge in [-0.1, -0.05) is 41.9 Å². The second-order valence-electron chi connectivity index (χ2n) is 4.22. The predicted octanol–water partition coefficient (Wildman–Crippen LogP) is 4.62. The number of rotatable bonds is 4. The van der Waals surface area contributed by atoms with Crippen LogP contribution in [0.2, 0.25) is 5.02 Å². The highest BCUT2D eigenvalue weighted by Crippen LogP contribution is 2.34. The number of ether oxygens (including phenoxy) is 1. The van der Waals surface area contributed by atoms with Crippen molar-refractivity contribution in [3.8, 4) is 5.75 Å². The van der Waals surface area contributed by atoms with Crippen LogP contribution in [-0.2, 0) is 6.18 Å². The molecular weight excluding hydrogens is 305 g/mol. The molecule has 0 N–H and O–H groups in total. The van der Waals surface area contributed by atoms with Crippen molar-refractivity contribution in [1.82, 2.24) is 0 Å². The Morgan fingerprint density at radius 3 is 2.33 bits per heavy atom. The van der Waals surface area contributed by atoms with Gasteiger partial charge in [-0.15, -0.1) is 0 Å². The fourth-order valence-corrected chi connectivity index (χ4v) is 1.88. The van der Waals surface area contributed by atoms with Crippen molar-refractivity contribution in [2.24, 2.45) is 0 Å². The summed E-state index contributed by atoms with van der Waals surface area (Å²) in [4.78, 5) is 11.8. The zero-order chi connectivity index (χ0) is 15.5. The Balaban J connectivity index is 2.06. The molecule has 0 atom stereocenters. The largest absolute Gasteiger partial charge is 0.484 e. The van der Waals surface area contributed by atoms with Crippen LogP contribution in [0.25, 0.3) is 0 Å². The molecule has 2 rings (SSSR count). The highest BCUT2D eigenvalue weighted by Gasteiger charge is 2.31. The van der Waals surface area contributed by atoms with Gasteiger partial charge in [0.15, 0.2) is 12.4 Å². The van der Waals surface area contributed by atoms with Gasteiger partial charge in [0.05, 0.1) is 10.6 Å². The first-order chi connectivity index (χ1) is 9.88. The van der Waals surface area contributed by atoms with Gasteiger partial charge in [-0.25, -0.2) is 0 Å². The fraction of sp³-hybridized carbons (Fsp3) is 0.133. The molecule has 0 spiro atoms. The maximum atomic E-state index is 12.5. The molecule has 2 nitrogen and oxygen atoms in total. The molecule has 0 radical (unpaired) electrons. The summed E-state index contributed by atoms with van der Waals surface area (Å²) < 4.78 is 42.6. The fourth-order valence-electron chi connectivity index (χ4n) is 1.64. The lowest BCUT2D eigenvalue weighted by atomic mass is 10.1. The van der Waals surface area contributed by atoms with E-state index >= 15 is 0 Å². The molecule has 0 fully saturated rings. The van der Waals surface area contributed by atoms with Gasteiger partial charge in [0.1, 0.15) is 5.75 Å². The molecule has 2 aromatic rings. The van der Waals surface area contributed by atoms with Gasteiger partial charge in [-0.05, 0) is 18.2 Å². The molecule has 6 heteroatoms. The van der Waals surface area contributed by atoms with E-state index in [9.17, 15) is 18.0 Å². The van der Waals surface area contributed by atoms with Crippen molar-refractivity contribution in [3.63, 3.8) is 0 Å². The minimum atomic E-state index is -4.47. The Hall–Kier alpha value is -2.01. The minimum absolute atomic E-state index is 0.0361. The van der Waals surface area contributed by atoms with Crippen molar-refractivity contribution < 1.29 is 22.7 Å². The van der Waals surface area contributed by atoms with Crippen LogP contribution in [0.3, 0.4) is 0 Å². The van der Waals surface area contributed by atoms with Gasteiger partial charge in [0, 0.05) is 5.56 Å². The zero-order valence-electron chi connectivity index (χ0n) is 10.7. The van der Waals surface area contributed by atoms with Gasteiger partial charge in [0.2, 0.25) is 0 Å². The predicted molar refractivity (Wildman–Crippen MR) is 72.7 cm³/mol. The molecule has 0 unspecified atom stereocenters. The Labute approximate surface area is 124 Å². The molecule has 0 amide bonds. The number of ketones is 1. The SMILES string of the molecule is O=C(COc1ccc(C(F)(F)F)cc1Cl)c1ccccc1. The third-order valence-corrected chi connectivity index (χ3v) is 3.01. The Kier molecular flexibility index (Phi) is 4.53. The third-order valence-electron chi connectivity index (χ3n) is 2.71. The van der Waals surface area contributed by atoms with E-state index in [0.29, 0.717) is 5.56 Å². The monoisotopic (exact) mass is 314 g/mol. The molecule has 0 aliphatic carbocycles. The van der Waals surface area contributed by atoms with Crippen LogP contribution in [-0.4, -0.2) is 12.4 Å². The molecule has 0 saturated heterocycles. The van der Waals surface area contributed by atoms with E-state index in [1.165, 1.54) is 0 Å². The average Bonchev–Trinajstić information content (AvgIpc) is 2.45. The molecule has 0 aliphatic rings. The molecule has 0 bridgehead atoms. The number of alkyl halides is 3. The minimum Gasteiger partial charge on any atom is -0.484 e. The van der Waals surface area contributed by atoms with Gasteiger partial charge in [0.25, 0.3) is 0 Å². The lowest BCUT2D eigenvalue weighted by Gasteiger charge is -2.11. The second kappa shape index (κ2) is 6.18. The number of benzene rings is 2. The molecule has 0 aromatic heterocycles. The lowest BCUT2D eigenvalue weighted by molar-refractivity contribution is -0.137. The summed E-state index contributed by atoms with van der Waals surface area (Å²) in [5.74, 6) is -0.250. The van der Waals surface area contributed by atoms with Crippen LogP contribution >= 0.6 is 11.6 Å². The summed E-state index contributed by atoms with van der Waals surface area (Å²) in [6, 6.07) is 11.2. The smallest absolute Gasteiger partial charge is 0.416 e. The van der Waals surface area contributed by atoms with Crippen LogP contribution in [0.5, 0.6) is 5.75 Å². The summed E-state index contributed by atoms with van der Waals surface area (Å²) in [6.07, 6.45) is -4.47. The summed E-state index contributed by atoms with van der Waals surface area (Å²) in [6.45, 7) is -0.297. The van der Waals surface area contributed by atoms with Crippen molar-refractivity contribution in [1.29, 1.82) is 0 Å². The molecule has 2 aromatic carbocycles. The number of hydrogen-bond donors (Lipinski definition) is 0. The number of hydrogen-bond acceptors (Lipinski definition) is 2. The summed E-state index contributed by atoms with van der Waals surface area (Å²) >= 11 is 5.73. The van der Waals surface area contributed by atoms with Crippen LogP contribution in [0.4, 0.5) is 13.2 Å². The summed E-state index contributed by atoms with van der Waals surface area (Å²) in [7, 11) is 0. The first kappa shape index (κ1) is 15.4. The van der Waals surface area contributed by atoms with E-state index in [1.54, 1.807) is 30.3 Å². The van der Waals surface area contributed by atoms with Gasteiger partial charge >= 0.3 is 6.18 Å². The highest BCUT2D eigenvalue weighted by atomic mass is 35.5. The third kappa shape index (κ3) is 3.98. The average molecular weight is 315 g/mol. The van der Waals surface area contributed by atoms with Crippen molar-refractivity contribution in [2.75, 3.05) is 6.61 Å². The molecule has 0 heterocycles. The van der Waals surface area contributed by atoms with Crippen LogP contribution in [0, 0.1) is 0 Å². The van der Waals surface area contributed by atoms with Gasteiger partial charge < -0.3 is 4.74 Å². The highest BCUT2D eigenvalue weighted by molar-refractivity contribution is 6.32. The van der Waals surface area contributed by atoms with Gasteiger partial charge in [-0.2, -0.15) is 13.2 Å². The number of halogens is 4. The molecule has 21 heavy (non-hydrogen) atoms. The second-order valence-corrected chi connectivity index (χ2v) is 4.63. The normalized spacial score (nSPS) is 11.2. The first-order valence-electron chi connectivity index (χ1n) is 5.96. The quantitative estimate of drug-likeness (QED) is 0.770. The van der Waals surface area contributed by atoms with Crippen molar-refractivity contribution in [3.05, 3.63) is 64.7 Å². The van der Waals surface area contributed by atoms with Gasteiger partial charge in [-0.3, -0.25) is 4.79 Å². The van der Waals surface area contributed by atoms with Crippen molar-refractivity contribution in [2.45, 2.75) is 6.18 Å². The van der Waals surface area contributed by atoms with E-state index < -0.39 is 11.7 Å². The molecule has 0 saturated carbocycles. The lowest BCUT2D eigenvalue weighted by Crippen LogP contribution is -2.12. The summed E-state index contributed by atoms with van der Waals surface area (Å²) in [5.41, 5.74) is -0.408. The first-order valence-corrected chi connectivity index (χ1v) is 6.33. The van der Waals surface area contributed by atoms with E-state index in [-0.39, 0.29) is 23.2 Å². The number of carbonyl (C=O) groups is 1. The summed E-state index contributed by atoms with van der Waals surface area (Å²) in [5, 5.41) is -0.189. The topological polar surface area (TPSA) is 26.3 Å². The molecule has 0 aliphatic heterocycles. The van der Waals surface area contributed by atoms with Crippen LogP contribution in [0.15, 0.2) is 48.5 Å². The van der Waals surface area contributed by atoms with E-state index in [1.807, 2.05) is 0 Å². The standard InChI is InChI=1S/C15H10ClF3O2/c16-12-8-11(15(17,18)19)6-7-14(12)21-9-13(20)10-4-2-1-3-5-10/h1-8H,9H2. The number of carbonyl (C=O) groups excluding carboxylic acids is 1. The van der Waals surface area contributed by atoms with E-state index in [2.05, 4.69) is 0 Å². The molecule has 110 valence electrons. The Morgan fingerprint density at radius 1 is 1.10 bits per heavy atom. The number of Topliss-reactive ketones (excluding diaryl/α,β-unsaturated/α-hetero) is 1. The Bertz CT molecular complexity index is 639. The van der Waals surface area contributed by atoms with E-state index in [0.717, 1.165) is 18.2 Å². The maximum absolute atomic E-state index is 12.5. The molecular formula is C15H10ClF3O2. The van der Waals surface area contributed by atoms with Crippen LogP contribution in [0.1, 0.15) is 15.9 Å². The van der Waals surface area contributed by atoms with Crippen LogP contribution < -0.4 is 4.74 Å².